The molecule has 1 rings (SSSR count). The first-order chi connectivity index (χ1) is 8.56. The molecule has 0 spiro atoms. The van der Waals surface area contributed by atoms with E-state index in [4.69, 9.17) is 16.6 Å². The van der Waals surface area contributed by atoms with Gasteiger partial charge >= 0.3 is 0 Å². The Morgan fingerprint density at radius 2 is 2.05 bits per heavy atom. The third kappa shape index (κ3) is 5.36. The van der Waals surface area contributed by atoms with Crippen molar-refractivity contribution in [3.8, 4) is 0 Å². The van der Waals surface area contributed by atoms with E-state index in [-0.39, 0.29) is 4.75 Å². The Balaban J connectivity index is 2.49. The van der Waals surface area contributed by atoms with Crippen LogP contribution in [0.25, 0.3) is 0 Å². The van der Waals surface area contributed by atoms with Crippen LogP contribution in [0, 0.1) is 0 Å². The van der Waals surface area contributed by atoms with Crippen LogP contribution >= 0.6 is 24.0 Å². The summed E-state index contributed by atoms with van der Waals surface area (Å²) in [4.78, 5) is 1.01. The summed E-state index contributed by atoms with van der Waals surface area (Å²) in [7, 11) is -1.61. The Bertz CT molecular complexity index is 328. The standard InChI is InChI=1S/C14H29NOS2Si/c1-13(2,3)19(5,6)16-9-7-14(4)11-12(17)15-8-10-18-14/h7-11H2,1-6H3,(H,15,17). The van der Waals surface area contributed by atoms with Gasteiger partial charge < -0.3 is 9.74 Å². The summed E-state index contributed by atoms with van der Waals surface area (Å²) in [6.07, 6.45) is 2.07. The molecule has 5 heteroatoms. The minimum absolute atomic E-state index is 0.239. The molecule has 0 aromatic carbocycles. The SMILES string of the molecule is CC1(CCO[Si](C)(C)C(C)(C)C)CC(=S)NCCS1. The maximum Gasteiger partial charge on any atom is 0.191 e. The highest BCUT2D eigenvalue weighted by atomic mass is 32.2. The van der Waals surface area contributed by atoms with Crippen LogP contribution in [0.15, 0.2) is 0 Å². The van der Waals surface area contributed by atoms with E-state index in [1.807, 2.05) is 11.8 Å². The number of rotatable bonds is 4. The van der Waals surface area contributed by atoms with Crippen LogP contribution in [0.3, 0.4) is 0 Å². The van der Waals surface area contributed by atoms with Crippen molar-refractivity contribution in [3.63, 3.8) is 0 Å². The Labute approximate surface area is 129 Å². The zero-order valence-electron chi connectivity index (χ0n) is 13.3. The van der Waals surface area contributed by atoms with E-state index in [0.717, 1.165) is 36.7 Å². The Hall–Kier alpha value is 0.417. The van der Waals surface area contributed by atoms with Crippen LogP contribution in [-0.4, -0.2) is 37.0 Å². The monoisotopic (exact) mass is 319 g/mol. The van der Waals surface area contributed by atoms with E-state index >= 15 is 0 Å². The smallest absolute Gasteiger partial charge is 0.191 e. The first-order valence-corrected chi connectivity index (χ1v) is 11.4. The van der Waals surface area contributed by atoms with Crippen molar-refractivity contribution in [1.82, 2.24) is 5.32 Å². The number of hydrogen-bond acceptors (Lipinski definition) is 3. The Morgan fingerprint density at radius 3 is 2.63 bits per heavy atom. The lowest BCUT2D eigenvalue weighted by Crippen LogP contribution is -2.42. The quantitative estimate of drug-likeness (QED) is 0.618. The minimum atomic E-state index is -1.61. The zero-order chi connectivity index (χ0) is 14.7. The highest BCUT2D eigenvalue weighted by Crippen LogP contribution is 2.38. The summed E-state index contributed by atoms with van der Waals surface area (Å²) in [5.74, 6) is 1.14. The van der Waals surface area contributed by atoms with Gasteiger partial charge in [-0.15, -0.1) is 0 Å². The first kappa shape index (κ1) is 17.5. The maximum absolute atomic E-state index is 6.30. The second kappa shape index (κ2) is 6.46. The molecule has 19 heavy (non-hydrogen) atoms. The summed E-state index contributed by atoms with van der Waals surface area (Å²) in [5, 5.41) is 3.60. The molecule has 0 aromatic rings. The largest absolute Gasteiger partial charge is 0.417 e. The van der Waals surface area contributed by atoms with Crippen LogP contribution in [0.2, 0.25) is 18.1 Å². The van der Waals surface area contributed by atoms with Gasteiger partial charge in [0.05, 0.1) is 4.99 Å². The van der Waals surface area contributed by atoms with Crippen LogP contribution in [-0.2, 0) is 4.43 Å². The Morgan fingerprint density at radius 1 is 1.42 bits per heavy atom. The summed E-state index contributed by atoms with van der Waals surface area (Å²) >= 11 is 7.40. The van der Waals surface area contributed by atoms with E-state index < -0.39 is 8.32 Å². The summed E-state index contributed by atoms with van der Waals surface area (Å²) < 4.78 is 6.54. The molecule has 2 nitrogen and oxygen atoms in total. The minimum Gasteiger partial charge on any atom is -0.417 e. The topological polar surface area (TPSA) is 21.3 Å². The molecule has 0 aliphatic carbocycles. The molecule has 1 heterocycles. The lowest BCUT2D eigenvalue weighted by atomic mass is 10.0. The molecule has 0 saturated carbocycles. The molecule has 1 atom stereocenters. The van der Waals surface area contributed by atoms with Gasteiger partial charge in [0, 0.05) is 30.1 Å². The highest BCUT2D eigenvalue weighted by molar-refractivity contribution is 8.00. The molecule has 1 saturated heterocycles. The fourth-order valence-electron chi connectivity index (χ4n) is 1.84. The number of thioether (sulfide) groups is 1. The molecule has 0 radical (unpaired) electrons. The zero-order valence-corrected chi connectivity index (χ0v) is 15.9. The molecular formula is C14H29NOS2Si. The summed E-state index contributed by atoms with van der Waals surface area (Å²) in [5.41, 5.74) is 0. The normalized spacial score (nSPS) is 25.9. The van der Waals surface area contributed by atoms with Crippen molar-refractivity contribution in [1.29, 1.82) is 0 Å². The van der Waals surface area contributed by atoms with Crippen LogP contribution in [0.5, 0.6) is 0 Å². The molecule has 1 N–H and O–H groups in total. The van der Waals surface area contributed by atoms with Crippen molar-refractivity contribution in [2.75, 3.05) is 18.9 Å². The summed E-state index contributed by atoms with van der Waals surface area (Å²) in [6.45, 7) is 15.7. The Kier molecular flexibility index (Phi) is 5.94. The fraction of sp³-hybridized carbons (Fsp3) is 0.929. The predicted octanol–water partition coefficient (Wildman–Crippen LogP) is 4.21. The molecule has 112 valence electrons. The van der Waals surface area contributed by atoms with Gasteiger partial charge in [0.1, 0.15) is 0 Å². The van der Waals surface area contributed by atoms with Gasteiger partial charge in [0.2, 0.25) is 0 Å². The average molecular weight is 320 g/mol. The molecule has 1 aliphatic rings. The molecule has 1 unspecified atom stereocenters. The lowest BCUT2D eigenvalue weighted by Gasteiger charge is -2.37. The van der Waals surface area contributed by atoms with Gasteiger partial charge in [-0.1, -0.05) is 33.0 Å². The molecule has 1 fully saturated rings. The van der Waals surface area contributed by atoms with Gasteiger partial charge in [-0.25, -0.2) is 0 Å². The van der Waals surface area contributed by atoms with Crippen molar-refractivity contribution >= 4 is 37.3 Å². The van der Waals surface area contributed by atoms with Gasteiger partial charge in [0.15, 0.2) is 8.32 Å². The van der Waals surface area contributed by atoms with Crippen LogP contribution < -0.4 is 5.32 Å². The van der Waals surface area contributed by atoms with Gasteiger partial charge in [0.25, 0.3) is 0 Å². The lowest BCUT2D eigenvalue weighted by molar-refractivity contribution is 0.269. The fourth-order valence-corrected chi connectivity index (χ4v) is 4.57. The number of nitrogens with one attached hydrogen (secondary N) is 1. The molecular weight excluding hydrogens is 290 g/mol. The van der Waals surface area contributed by atoms with E-state index in [2.05, 4.69) is 46.1 Å². The van der Waals surface area contributed by atoms with E-state index in [1.54, 1.807) is 0 Å². The number of hydrogen-bond donors (Lipinski definition) is 1. The van der Waals surface area contributed by atoms with Crippen molar-refractivity contribution in [3.05, 3.63) is 0 Å². The average Bonchev–Trinajstić information content (AvgIpc) is 2.38. The summed E-state index contributed by atoms with van der Waals surface area (Å²) in [6, 6.07) is 0. The molecule has 1 aliphatic heterocycles. The second-order valence-corrected chi connectivity index (χ2v) is 14.2. The maximum atomic E-state index is 6.30. The van der Waals surface area contributed by atoms with Crippen molar-refractivity contribution < 1.29 is 4.43 Å². The third-order valence-corrected chi connectivity index (χ3v) is 10.6. The first-order valence-electron chi connectivity index (χ1n) is 7.10. The van der Waals surface area contributed by atoms with Gasteiger partial charge in [-0.2, -0.15) is 11.8 Å². The van der Waals surface area contributed by atoms with Crippen LogP contribution in [0.1, 0.15) is 40.5 Å². The van der Waals surface area contributed by atoms with E-state index in [0.29, 0.717) is 5.04 Å². The van der Waals surface area contributed by atoms with Crippen molar-refractivity contribution in [2.45, 2.75) is 63.4 Å². The predicted molar refractivity (Wildman–Crippen MR) is 93.8 cm³/mol. The third-order valence-electron chi connectivity index (χ3n) is 4.31. The molecule has 0 bridgehead atoms. The number of thiocarbonyl (C=S) groups is 1. The van der Waals surface area contributed by atoms with Gasteiger partial charge in [-0.05, 0) is 31.5 Å². The van der Waals surface area contributed by atoms with Crippen molar-refractivity contribution in [2.24, 2.45) is 0 Å². The molecule has 0 amide bonds. The second-order valence-electron chi connectivity index (χ2n) is 7.18. The van der Waals surface area contributed by atoms with E-state index in [1.165, 1.54) is 0 Å². The van der Waals surface area contributed by atoms with E-state index in [9.17, 15) is 0 Å². The van der Waals surface area contributed by atoms with Crippen LogP contribution in [0.4, 0.5) is 0 Å². The molecule has 0 aromatic heterocycles. The highest BCUT2D eigenvalue weighted by Gasteiger charge is 2.38. The van der Waals surface area contributed by atoms with Gasteiger partial charge in [-0.3, -0.25) is 0 Å².